The maximum absolute atomic E-state index is 12.4. The maximum Gasteiger partial charge on any atom is 0.179 e. The number of carbonyl (C=O) groups is 1. The molecule has 0 aliphatic heterocycles. The monoisotopic (exact) mass is 321 g/mol. The highest BCUT2D eigenvalue weighted by Gasteiger charge is 2.36. The SMILES string of the molecule is Cc1cc(C(C#N)C(=O)/C=C/c2ccc(C3CC3C)o2)nc(C)n1. The predicted molar refractivity (Wildman–Crippen MR) is 89.1 cm³/mol. The van der Waals surface area contributed by atoms with Crippen molar-refractivity contribution in [2.45, 2.75) is 39.0 Å². The second kappa shape index (κ2) is 6.40. The minimum atomic E-state index is -0.931. The molecule has 1 aliphatic carbocycles. The molecule has 0 N–H and O–H groups in total. The van der Waals surface area contributed by atoms with Gasteiger partial charge in [0.2, 0.25) is 0 Å². The van der Waals surface area contributed by atoms with Crippen molar-refractivity contribution >= 4 is 11.9 Å². The molecule has 0 spiro atoms. The van der Waals surface area contributed by atoms with E-state index in [2.05, 4.69) is 16.9 Å². The number of rotatable bonds is 5. The topological polar surface area (TPSA) is 79.8 Å². The van der Waals surface area contributed by atoms with Crippen LogP contribution >= 0.6 is 0 Å². The first-order valence-electron chi connectivity index (χ1n) is 8.01. The van der Waals surface area contributed by atoms with E-state index in [-0.39, 0.29) is 5.78 Å². The van der Waals surface area contributed by atoms with E-state index in [9.17, 15) is 10.1 Å². The van der Waals surface area contributed by atoms with Crippen LogP contribution in [0.1, 0.15) is 53.9 Å². The van der Waals surface area contributed by atoms with Gasteiger partial charge in [0.05, 0.1) is 11.8 Å². The Labute approximate surface area is 141 Å². The zero-order valence-electron chi connectivity index (χ0n) is 14.0. The second-order valence-electron chi connectivity index (χ2n) is 6.34. The molecule has 3 atom stereocenters. The number of furan rings is 1. The number of ketones is 1. The molecule has 3 rings (SSSR count). The smallest absolute Gasteiger partial charge is 0.179 e. The molecule has 1 fully saturated rings. The van der Waals surface area contributed by atoms with Crippen molar-refractivity contribution in [3.63, 3.8) is 0 Å². The largest absolute Gasteiger partial charge is 0.461 e. The Kier molecular flexibility index (Phi) is 4.30. The van der Waals surface area contributed by atoms with Gasteiger partial charge in [-0.3, -0.25) is 4.79 Å². The number of allylic oxidation sites excluding steroid dienone is 1. The second-order valence-corrected chi connectivity index (χ2v) is 6.34. The summed E-state index contributed by atoms with van der Waals surface area (Å²) in [5.41, 5.74) is 1.17. The Bertz CT molecular complexity index is 824. The molecule has 0 amide bonds. The van der Waals surface area contributed by atoms with E-state index < -0.39 is 5.92 Å². The van der Waals surface area contributed by atoms with E-state index in [1.165, 1.54) is 6.08 Å². The standard InChI is InChI=1S/C19H19N3O2/c1-11-8-15(11)19-7-5-14(24-19)4-6-18(23)16(10-20)17-9-12(2)21-13(3)22-17/h4-7,9,11,15-16H,8H2,1-3H3/b6-4+. The van der Waals surface area contributed by atoms with Gasteiger partial charge in [0.15, 0.2) is 11.7 Å². The average Bonchev–Trinajstić information content (AvgIpc) is 3.07. The van der Waals surface area contributed by atoms with E-state index in [1.54, 1.807) is 19.1 Å². The molecule has 5 nitrogen and oxygen atoms in total. The molecule has 2 heterocycles. The van der Waals surface area contributed by atoms with Gasteiger partial charge in [0.1, 0.15) is 17.3 Å². The van der Waals surface area contributed by atoms with E-state index in [1.807, 2.05) is 25.1 Å². The predicted octanol–water partition coefficient (Wildman–Crippen LogP) is 3.70. The number of carbonyl (C=O) groups excluding carboxylic acids is 1. The van der Waals surface area contributed by atoms with Gasteiger partial charge in [-0.1, -0.05) is 6.92 Å². The Morgan fingerprint density at radius 2 is 2.17 bits per heavy atom. The molecule has 2 aromatic heterocycles. The minimum Gasteiger partial charge on any atom is -0.461 e. The molecule has 1 saturated carbocycles. The summed E-state index contributed by atoms with van der Waals surface area (Å²) < 4.78 is 5.74. The van der Waals surface area contributed by atoms with Crippen LogP contribution in [-0.4, -0.2) is 15.8 Å². The molecule has 2 aromatic rings. The fourth-order valence-electron chi connectivity index (χ4n) is 2.81. The van der Waals surface area contributed by atoms with Crippen LogP contribution in [0.25, 0.3) is 6.08 Å². The van der Waals surface area contributed by atoms with Gasteiger partial charge in [-0.05, 0) is 56.5 Å². The summed E-state index contributed by atoms with van der Waals surface area (Å²) >= 11 is 0. The van der Waals surface area contributed by atoms with Crippen LogP contribution < -0.4 is 0 Å². The van der Waals surface area contributed by atoms with Gasteiger partial charge in [-0.25, -0.2) is 9.97 Å². The quantitative estimate of drug-likeness (QED) is 0.784. The summed E-state index contributed by atoms with van der Waals surface area (Å²) in [5.74, 6) is 2.07. The Hall–Kier alpha value is -2.74. The van der Waals surface area contributed by atoms with Gasteiger partial charge in [-0.15, -0.1) is 0 Å². The first-order chi connectivity index (χ1) is 11.5. The fraction of sp³-hybridized carbons (Fsp3) is 0.368. The third-order valence-electron chi connectivity index (χ3n) is 4.23. The highest BCUT2D eigenvalue weighted by Crippen LogP contribution is 2.47. The normalized spacial score (nSPS) is 20.8. The number of hydrogen-bond donors (Lipinski definition) is 0. The lowest BCUT2D eigenvalue weighted by Gasteiger charge is -2.06. The molecule has 122 valence electrons. The molecule has 3 unspecified atom stereocenters. The molecule has 0 aromatic carbocycles. The summed E-state index contributed by atoms with van der Waals surface area (Å²) in [6.07, 6.45) is 4.16. The third-order valence-corrected chi connectivity index (χ3v) is 4.23. The van der Waals surface area contributed by atoms with Gasteiger partial charge in [0.25, 0.3) is 0 Å². The molecule has 24 heavy (non-hydrogen) atoms. The summed E-state index contributed by atoms with van der Waals surface area (Å²) in [7, 11) is 0. The summed E-state index contributed by atoms with van der Waals surface area (Å²) in [6, 6.07) is 7.51. The van der Waals surface area contributed by atoms with Crippen LogP contribution in [0.5, 0.6) is 0 Å². The van der Waals surface area contributed by atoms with Crippen molar-refractivity contribution in [3.8, 4) is 6.07 Å². The van der Waals surface area contributed by atoms with Crippen molar-refractivity contribution in [2.75, 3.05) is 0 Å². The molecule has 0 radical (unpaired) electrons. The van der Waals surface area contributed by atoms with Crippen LogP contribution in [0.15, 0.2) is 28.7 Å². The van der Waals surface area contributed by atoms with E-state index in [0.717, 1.165) is 17.9 Å². The van der Waals surface area contributed by atoms with Crippen LogP contribution in [0.2, 0.25) is 0 Å². The third kappa shape index (κ3) is 3.43. The van der Waals surface area contributed by atoms with Gasteiger partial charge in [-0.2, -0.15) is 5.26 Å². The van der Waals surface area contributed by atoms with Crippen LogP contribution in [0, 0.1) is 31.1 Å². The van der Waals surface area contributed by atoms with Gasteiger partial charge in [0, 0.05) is 11.6 Å². The number of aromatic nitrogens is 2. The highest BCUT2D eigenvalue weighted by molar-refractivity contribution is 5.99. The molecular weight excluding hydrogens is 302 g/mol. The van der Waals surface area contributed by atoms with Crippen molar-refractivity contribution in [2.24, 2.45) is 5.92 Å². The molecule has 1 aliphatic rings. The fourth-order valence-corrected chi connectivity index (χ4v) is 2.81. The minimum absolute atomic E-state index is 0.312. The Morgan fingerprint density at radius 3 is 2.79 bits per heavy atom. The average molecular weight is 321 g/mol. The van der Waals surface area contributed by atoms with Gasteiger partial charge < -0.3 is 4.42 Å². The lowest BCUT2D eigenvalue weighted by Crippen LogP contribution is -2.11. The summed E-state index contributed by atoms with van der Waals surface area (Å²) in [6.45, 7) is 5.75. The number of hydrogen-bond acceptors (Lipinski definition) is 5. The zero-order valence-corrected chi connectivity index (χ0v) is 14.0. The molecule has 5 heteroatoms. The number of nitriles is 1. The highest BCUT2D eigenvalue weighted by atomic mass is 16.3. The van der Waals surface area contributed by atoms with Crippen LogP contribution in [0.4, 0.5) is 0 Å². The van der Waals surface area contributed by atoms with E-state index in [0.29, 0.717) is 29.1 Å². The van der Waals surface area contributed by atoms with Gasteiger partial charge >= 0.3 is 0 Å². The Morgan fingerprint density at radius 1 is 1.42 bits per heavy atom. The Balaban J connectivity index is 1.74. The van der Waals surface area contributed by atoms with Crippen molar-refractivity contribution in [1.29, 1.82) is 5.26 Å². The molecule has 0 saturated heterocycles. The summed E-state index contributed by atoms with van der Waals surface area (Å²) in [5, 5.41) is 9.35. The number of aryl methyl sites for hydroxylation is 2. The van der Waals surface area contributed by atoms with Crippen molar-refractivity contribution < 1.29 is 9.21 Å². The lowest BCUT2D eigenvalue weighted by molar-refractivity contribution is -0.114. The summed E-state index contributed by atoms with van der Waals surface area (Å²) in [4.78, 5) is 20.7. The first-order valence-corrected chi connectivity index (χ1v) is 8.01. The number of nitrogens with zero attached hydrogens (tertiary/aromatic N) is 3. The lowest BCUT2D eigenvalue weighted by atomic mass is 10.0. The van der Waals surface area contributed by atoms with Crippen LogP contribution in [-0.2, 0) is 4.79 Å². The maximum atomic E-state index is 12.4. The zero-order chi connectivity index (χ0) is 17.3. The van der Waals surface area contributed by atoms with Crippen molar-refractivity contribution in [1.82, 2.24) is 9.97 Å². The van der Waals surface area contributed by atoms with E-state index >= 15 is 0 Å². The molecule has 0 bridgehead atoms. The van der Waals surface area contributed by atoms with Crippen molar-refractivity contribution in [3.05, 3.63) is 53.0 Å². The van der Waals surface area contributed by atoms with Crippen LogP contribution in [0.3, 0.4) is 0 Å². The molecular formula is C19H19N3O2. The first kappa shape index (κ1) is 16.1. The van der Waals surface area contributed by atoms with E-state index in [4.69, 9.17) is 4.42 Å².